The van der Waals surface area contributed by atoms with Crippen LogP contribution in [0.1, 0.15) is 25.8 Å². The Balaban J connectivity index is 1.97. The highest BCUT2D eigenvalue weighted by Crippen LogP contribution is 1.99. The van der Waals surface area contributed by atoms with Crippen LogP contribution in [-0.4, -0.2) is 49.3 Å². The van der Waals surface area contributed by atoms with Crippen LogP contribution in [0.4, 0.5) is 0 Å². The molecule has 0 fully saturated rings. The van der Waals surface area contributed by atoms with E-state index in [-0.39, 0.29) is 0 Å². The third-order valence-electron chi connectivity index (χ3n) is 2.79. The van der Waals surface area contributed by atoms with Crippen LogP contribution in [-0.2, 0) is 11.3 Å². The number of pyridine rings is 1. The average molecular weight is 265 g/mol. The summed E-state index contributed by atoms with van der Waals surface area (Å²) in [6.45, 7) is 9.01. The van der Waals surface area contributed by atoms with Gasteiger partial charge in [-0.25, -0.2) is 0 Å². The summed E-state index contributed by atoms with van der Waals surface area (Å²) in [6.07, 6.45) is 5.15. The van der Waals surface area contributed by atoms with Gasteiger partial charge in [0.2, 0.25) is 0 Å². The first-order valence-electron chi connectivity index (χ1n) is 7.08. The maximum atomic E-state index is 5.49. The van der Waals surface area contributed by atoms with Gasteiger partial charge in [-0.3, -0.25) is 4.98 Å². The SMILES string of the molecule is CC(C)OCCCNCCN(C)Cc1cccnc1. The van der Waals surface area contributed by atoms with Crippen LogP contribution in [0, 0.1) is 0 Å². The van der Waals surface area contributed by atoms with Crippen molar-refractivity contribution in [2.45, 2.75) is 32.9 Å². The molecule has 0 bridgehead atoms. The number of hydrogen-bond donors (Lipinski definition) is 1. The molecule has 0 radical (unpaired) electrons. The number of ether oxygens (including phenoxy) is 1. The van der Waals surface area contributed by atoms with Gasteiger partial charge in [0, 0.05) is 38.6 Å². The number of nitrogens with zero attached hydrogens (tertiary/aromatic N) is 2. The Kier molecular flexibility index (Phi) is 8.38. The van der Waals surface area contributed by atoms with E-state index in [0.717, 1.165) is 39.2 Å². The zero-order chi connectivity index (χ0) is 13.9. The van der Waals surface area contributed by atoms with Crippen LogP contribution in [0.2, 0.25) is 0 Å². The number of rotatable bonds is 10. The third-order valence-corrected chi connectivity index (χ3v) is 2.79. The molecule has 0 atom stereocenters. The molecule has 19 heavy (non-hydrogen) atoms. The summed E-state index contributed by atoms with van der Waals surface area (Å²) < 4.78 is 5.49. The standard InChI is InChI=1S/C15H27N3O/c1-14(2)19-11-5-8-16-9-10-18(3)13-15-6-4-7-17-12-15/h4,6-7,12,14,16H,5,8-11,13H2,1-3H3. The fraction of sp³-hybridized carbons (Fsp3) is 0.667. The Hall–Kier alpha value is -0.970. The van der Waals surface area contributed by atoms with Crippen molar-refractivity contribution in [3.63, 3.8) is 0 Å². The molecule has 0 aliphatic carbocycles. The molecule has 0 aromatic carbocycles. The summed E-state index contributed by atoms with van der Waals surface area (Å²) >= 11 is 0. The maximum Gasteiger partial charge on any atom is 0.0518 e. The zero-order valence-corrected chi connectivity index (χ0v) is 12.4. The highest BCUT2D eigenvalue weighted by Gasteiger charge is 1.99. The molecule has 1 N–H and O–H groups in total. The van der Waals surface area contributed by atoms with Crippen molar-refractivity contribution in [2.24, 2.45) is 0 Å². The van der Waals surface area contributed by atoms with Crippen LogP contribution < -0.4 is 5.32 Å². The van der Waals surface area contributed by atoms with Gasteiger partial charge in [-0.05, 0) is 45.5 Å². The summed E-state index contributed by atoms with van der Waals surface area (Å²) in [6, 6.07) is 4.09. The van der Waals surface area contributed by atoms with Gasteiger partial charge in [0.05, 0.1) is 6.10 Å². The van der Waals surface area contributed by atoms with E-state index >= 15 is 0 Å². The number of nitrogens with one attached hydrogen (secondary N) is 1. The van der Waals surface area contributed by atoms with E-state index in [2.05, 4.69) is 42.2 Å². The smallest absolute Gasteiger partial charge is 0.0518 e. The van der Waals surface area contributed by atoms with Crippen molar-refractivity contribution in [1.82, 2.24) is 15.2 Å². The molecule has 1 heterocycles. The third kappa shape index (κ3) is 8.70. The summed E-state index contributed by atoms with van der Waals surface area (Å²) in [5.74, 6) is 0. The van der Waals surface area contributed by atoms with Gasteiger partial charge in [0.25, 0.3) is 0 Å². The van der Waals surface area contributed by atoms with Crippen molar-refractivity contribution in [1.29, 1.82) is 0 Å². The molecular weight excluding hydrogens is 238 g/mol. The van der Waals surface area contributed by atoms with Crippen molar-refractivity contribution >= 4 is 0 Å². The van der Waals surface area contributed by atoms with Gasteiger partial charge >= 0.3 is 0 Å². The van der Waals surface area contributed by atoms with Crippen molar-refractivity contribution in [3.05, 3.63) is 30.1 Å². The number of hydrogen-bond acceptors (Lipinski definition) is 4. The molecule has 0 saturated carbocycles. The Bertz CT molecular complexity index is 316. The lowest BCUT2D eigenvalue weighted by atomic mass is 10.3. The average Bonchev–Trinajstić information content (AvgIpc) is 2.38. The molecule has 0 spiro atoms. The Morgan fingerprint density at radius 3 is 2.89 bits per heavy atom. The topological polar surface area (TPSA) is 37.4 Å². The number of likely N-dealkylation sites (N-methyl/N-ethyl adjacent to an activating group) is 1. The molecule has 1 aromatic heterocycles. The first-order chi connectivity index (χ1) is 9.18. The van der Waals surface area contributed by atoms with E-state index in [9.17, 15) is 0 Å². The molecule has 1 aromatic rings. The normalized spacial score (nSPS) is 11.4. The van der Waals surface area contributed by atoms with Gasteiger partial charge < -0.3 is 15.0 Å². The van der Waals surface area contributed by atoms with E-state index in [1.807, 2.05) is 18.5 Å². The molecule has 108 valence electrons. The molecule has 0 aliphatic heterocycles. The lowest BCUT2D eigenvalue weighted by Gasteiger charge is -2.16. The number of aromatic nitrogens is 1. The lowest BCUT2D eigenvalue weighted by molar-refractivity contribution is 0.0770. The monoisotopic (exact) mass is 265 g/mol. The molecule has 1 rings (SSSR count). The van der Waals surface area contributed by atoms with Gasteiger partial charge in [-0.2, -0.15) is 0 Å². The quantitative estimate of drug-likeness (QED) is 0.656. The summed E-state index contributed by atoms with van der Waals surface area (Å²) in [5.41, 5.74) is 1.26. The molecule has 4 heteroatoms. The molecule has 4 nitrogen and oxygen atoms in total. The van der Waals surface area contributed by atoms with E-state index in [4.69, 9.17) is 4.74 Å². The molecule has 0 amide bonds. The first-order valence-corrected chi connectivity index (χ1v) is 7.08. The minimum atomic E-state index is 0.339. The highest BCUT2D eigenvalue weighted by molar-refractivity contribution is 5.07. The summed E-state index contributed by atoms with van der Waals surface area (Å²) in [5, 5.41) is 3.44. The predicted octanol–water partition coefficient (Wildman–Crippen LogP) is 1.92. The van der Waals surface area contributed by atoms with E-state index in [0.29, 0.717) is 6.10 Å². The predicted molar refractivity (Wildman–Crippen MR) is 79.1 cm³/mol. The van der Waals surface area contributed by atoms with Crippen molar-refractivity contribution in [2.75, 3.05) is 33.3 Å². The molecule has 0 unspecified atom stereocenters. The second-order valence-corrected chi connectivity index (χ2v) is 5.12. The highest BCUT2D eigenvalue weighted by atomic mass is 16.5. The van der Waals surface area contributed by atoms with Crippen LogP contribution in [0.3, 0.4) is 0 Å². The summed E-state index contributed by atoms with van der Waals surface area (Å²) in [4.78, 5) is 6.43. The molecular formula is C15H27N3O. The maximum absolute atomic E-state index is 5.49. The second kappa shape index (κ2) is 9.89. The second-order valence-electron chi connectivity index (χ2n) is 5.12. The fourth-order valence-electron chi connectivity index (χ4n) is 1.79. The fourth-order valence-corrected chi connectivity index (χ4v) is 1.79. The zero-order valence-electron chi connectivity index (χ0n) is 12.4. The van der Waals surface area contributed by atoms with Gasteiger partial charge in [-0.15, -0.1) is 0 Å². The van der Waals surface area contributed by atoms with Crippen molar-refractivity contribution in [3.8, 4) is 0 Å². The van der Waals surface area contributed by atoms with Crippen molar-refractivity contribution < 1.29 is 4.74 Å². The van der Waals surface area contributed by atoms with Crippen LogP contribution in [0.5, 0.6) is 0 Å². The Morgan fingerprint density at radius 2 is 2.21 bits per heavy atom. The van der Waals surface area contributed by atoms with Crippen LogP contribution in [0.15, 0.2) is 24.5 Å². The minimum absolute atomic E-state index is 0.339. The van der Waals surface area contributed by atoms with Gasteiger partial charge in [-0.1, -0.05) is 6.07 Å². The Morgan fingerprint density at radius 1 is 1.37 bits per heavy atom. The molecule has 0 aliphatic rings. The van der Waals surface area contributed by atoms with E-state index in [1.54, 1.807) is 0 Å². The first kappa shape index (κ1) is 16.1. The van der Waals surface area contributed by atoms with E-state index in [1.165, 1.54) is 5.56 Å². The summed E-state index contributed by atoms with van der Waals surface area (Å²) in [7, 11) is 2.14. The van der Waals surface area contributed by atoms with E-state index < -0.39 is 0 Å². The lowest BCUT2D eigenvalue weighted by Crippen LogP contribution is -2.30. The minimum Gasteiger partial charge on any atom is -0.379 e. The van der Waals surface area contributed by atoms with Gasteiger partial charge in [0.15, 0.2) is 0 Å². The van der Waals surface area contributed by atoms with Crippen LogP contribution in [0.25, 0.3) is 0 Å². The molecule has 0 saturated heterocycles. The largest absolute Gasteiger partial charge is 0.379 e. The Labute approximate surface area is 117 Å². The van der Waals surface area contributed by atoms with Crippen LogP contribution >= 0.6 is 0 Å². The van der Waals surface area contributed by atoms with Gasteiger partial charge in [0.1, 0.15) is 0 Å².